The molecule has 2 aromatic carbocycles. The van der Waals surface area contributed by atoms with Gasteiger partial charge in [-0.2, -0.15) is 0 Å². The third-order valence-corrected chi connectivity index (χ3v) is 4.21. The number of nitrogens with one attached hydrogen (secondary N) is 2. The van der Waals surface area contributed by atoms with E-state index in [9.17, 15) is 14.7 Å². The molecule has 0 bridgehead atoms. The lowest BCUT2D eigenvalue weighted by molar-refractivity contribution is -0.119. The topological polar surface area (TPSA) is 96.9 Å². The van der Waals surface area contributed by atoms with Crippen LogP contribution in [-0.2, 0) is 4.74 Å². The molecular formula is C23H30N2O5. The third-order valence-electron chi connectivity index (χ3n) is 4.21. The first-order valence-electron chi connectivity index (χ1n) is 9.95. The summed E-state index contributed by atoms with van der Waals surface area (Å²) in [4.78, 5) is 24.9. The minimum absolute atomic E-state index is 0.114. The van der Waals surface area contributed by atoms with E-state index in [0.717, 1.165) is 5.56 Å². The van der Waals surface area contributed by atoms with Crippen LogP contribution in [0.25, 0.3) is 0 Å². The average molecular weight is 415 g/mol. The van der Waals surface area contributed by atoms with Crippen molar-refractivity contribution < 1.29 is 24.2 Å². The Labute approximate surface area is 177 Å². The maximum absolute atomic E-state index is 12.5. The van der Waals surface area contributed by atoms with Gasteiger partial charge in [-0.25, -0.2) is 4.79 Å². The van der Waals surface area contributed by atoms with E-state index in [-0.39, 0.29) is 36.4 Å². The normalized spacial score (nSPS) is 12.9. The van der Waals surface area contributed by atoms with Crippen molar-refractivity contribution in [2.75, 3.05) is 18.5 Å². The predicted octanol–water partition coefficient (Wildman–Crippen LogP) is 3.51. The zero-order chi connectivity index (χ0) is 22.3. The molecule has 7 nitrogen and oxygen atoms in total. The first-order chi connectivity index (χ1) is 14.1. The first-order valence-corrected chi connectivity index (χ1v) is 9.95. The van der Waals surface area contributed by atoms with Crippen LogP contribution >= 0.6 is 0 Å². The summed E-state index contributed by atoms with van der Waals surface area (Å²) in [6.45, 7) is 9.39. The molecule has 0 saturated carbocycles. The molecule has 30 heavy (non-hydrogen) atoms. The third kappa shape index (κ3) is 6.86. The molecule has 3 N–H and O–H groups in total. The molecule has 1 atom stereocenters. The molecule has 1 unspecified atom stereocenters. The van der Waals surface area contributed by atoms with Crippen molar-refractivity contribution in [1.29, 1.82) is 0 Å². The van der Waals surface area contributed by atoms with Crippen LogP contribution in [-0.4, -0.2) is 42.0 Å². The Morgan fingerprint density at radius 2 is 1.80 bits per heavy atom. The Morgan fingerprint density at radius 3 is 2.40 bits per heavy atom. The number of aliphatic hydroxyl groups is 1. The molecule has 0 radical (unpaired) electrons. The van der Waals surface area contributed by atoms with E-state index in [1.54, 1.807) is 25.1 Å². The largest absolute Gasteiger partial charge is 0.462 e. The summed E-state index contributed by atoms with van der Waals surface area (Å²) in [5, 5.41) is 16.4. The number of aryl methyl sites for hydroxylation is 1. The van der Waals surface area contributed by atoms with Crippen molar-refractivity contribution in [2.24, 2.45) is 0 Å². The number of carbonyl (C=O) groups is 2. The fourth-order valence-corrected chi connectivity index (χ4v) is 2.64. The lowest BCUT2D eigenvalue weighted by Gasteiger charge is -2.27. The SMILES string of the molecule is CCOC(=O)c1cc(NC(=O)c2ccc(C)cc2)ccc1OC(C)(O)CNC(C)C. The van der Waals surface area contributed by atoms with Crippen molar-refractivity contribution in [3.8, 4) is 5.75 Å². The van der Waals surface area contributed by atoms with Gasteiger partial charge in [-0.05, 0) is 44.2 Å². The second-order valence-electron chi connectivity index (χ2n) is 7.56. The molecule has 7 heteroatoms. The van der Waals surface area contributed by atoms with E-state index >= 15 is 0 Å². The molecule has 0 aliphatic rings. The number of benzene rings is 2. The summed E-state index contributed by atoms with van der Waals surface area (Å²) < 4.78 is 10.8. The predicted molar refractivity (Wildman–Crippen MR) is 116 cm³/mol. The van der Waals surface area contributed by atoms with E-state index in [0.29, 0.717) is 11.3 Å². The molecular weight excluding hydrogens is 384 g/mol. The average Bonchev–Trinajstić information content (AvgIpc) is 2.68. The smallest absolute Gasteiger partial charge is 0.341 e. The Hall–Kier alpha value is -2.90. The summed E-state index contributed by atoms with van der Waals surface area (Å²) >= 11 is 0. The van der Waals surface area contributed by atoms with Gasteiger partial charge in [0.25, 0.3) is 5.91 Å². The summed E-state index contributed by atoms with van der Waals surface area (Å²) in [5.41, 5.74) is 2.08. The molecule has 0 aliphatic carbocycles. The minimum atomic E-state index is -1.54. The van der Waals surface area contributed by atoms with Crippen LogP contribution in [0.15, 0.2) is 42.5 Å². The summed E-state index contributed by atoms with van der Waals surface area (Å²) in [7, 11) is 0. The maximum Gasteiger partial charge on any atom is 0.341 e. The number of ether oxygens (including phenoxy) is 2. The van der Waals surface area contributed by atoms with E-state index in [4.69, 9.17) is 9.47 Å². The van der Waals surface area contributed by atoms with Crippen molar-refractivity contribution in [1.82, 2.24) is 5.32 Å². The number of amides is 1. The molecule has 0 fully saturated rings. The van der Waals surface area contributed by atoms with Gasteiger partial charge in [-0.15, -0.1) is 0 Å². The molecule has 1 amide bonds. The van der Waals surface area contributed by atoms with Gasteiger partial charge in [0.05, 0.1) is 13.2 Å². The van der Waals surface area contributed by atoms with Crippen LogP contribution in [0.1, 0.15) is 54.0 Å². The summed E-state index contributed by atoms with van der Waals surface area (Å²) in [6, 6.07) is 11.9. The highest BCUT2D eigenvalue weighted by Gasteiger charge is 2.26. The van der Waals surface area contributed by atoms with Gasteiger partial charge < -0.3 is 25.2 Å². The maximum atomic E-state index is 12.5. The quantitative estimate of drug-likeness (QED) is 0.429. The van der Waals surface area contributed by atoms with Crippen LogP contribution in [0.2, 0.25) is 0 Å². The standard InChI is InChI=1S/C23H30N2O5/c1-6-29-22(27)19-13-18(25-21(26)17-9-7-16(4)8-10-17)11-12-20(19)30-23(5,28)14-24-15(2)3/h7-13,15,24,28H,6,14H2,1-5H3,(H,25,26). The van der Waals surface area contributed by atoms with Crippen LogP contribution in [0.3, 0.4) is 0 Å². The summed E-state index contributed by atoms with van der Waals surface area (Å²) in [6.07, 6.45) is 0. The highest BCUT2D eigenvalue weighted by atomic mass is 16.6. The number of carbonyl (C=O) groups excluding carboxylic acids is 2. The monoisotopic (exact) mass is 414 g/mol. The van der Waals surface area contributed by atoms with Crippen molar-refractivity contribution in [3.05, 3.63) is 59.2 Å². The van der Waals surface area contributed by atoms with Crippen LogP contribution in [0, 0.1) is 6.92 Å². The Bertz CT molecular complexity index is 876. The van der Waals surface area contributed by atoms with Crippen molar-refractivity contribution in [3.63, 3.8) is 0 Å². The van der Waals surface area contributed by atoms with E-state index in [2.05, 4.69) is 10.6 Å². The van der Waals surface area contributed by atoms with Gasteiger partial charge >= 0.3 is 5.97 Å². The van der Waals surface area contributed by atoms with Gasteiger partial charge in [0.2, 0.25) is 5.79 Å². The Balaban J connectivity index is 2.25. The van der Waals surface area contributed by atoms with Gasteiger partial charge in [0.1, 0.15) is 11.3 Å². The van der Waals surface area contributed by atoms with E-state index < -0.39 is 11.8 Å². The van der Waals surface area contributed by atoms with Crippen molar-refractivity contribution in [2.45, 2.75) is 46.4 Å². The second-order valence-corrected chi connectivity index (χ2v) is 7.56. The van der Waals surface area contributed by atoms with Gasteiger partial charge in [0, 0.05) is 24.2 Å². The number of hydrogen-bond donors (Lipinski definition) is 3. The van der Waals surface area contributed by atoms with Gasteiger partial charge in [0.15, 0.2) is 0 Å². The van der Waals surface area contributed by atoms with Gasteiger partial charge in [-0.3, -0.25) is 4.79 Å². The fraction of sp³-hybridized carbons (Fsp3) is 0.391. The zero-order valence-corrected chi connectivity index (χ0v) is 18.1. The van der Waals surface area contributed by atoms with E-state index in [1.807, 2.05) is 32.9 Å². The lowest BCUT2D eigenvalue weighted by atomic mass is 10.1. The number of rotatable bonds is 9. The first kappa shape index (κ1) is 23.4. The fourth-order valence-electron chi connectivity index (χ4n) is 2.64. The number of esters is 1. The van der Waals surface area contributed by atoms with Crippen LogP contribution in [0.5, 0.6) is 5.75 Å². The molecule has 0 aliphatic heterocycles. The lowest BCUT2D eigenvalue weighted by Crippen LogP contribution is -2.45. The molecule has 2 aromatic rings. The molecule has 0 aromatic heterocycles. The molecule has 2 rings (SSSR count). The second kappa shape index (κ2) is 10.2. The molecule has 0 saturated heterocycles. The van der Waals surface area contributed by atoms with Crippen molar-refractivity contribution >= 4 is 17.6 Å². The Kier molecular flexibility index (Phi) is 7.97. The number of anilines is 1. The number of hydrogen-bond acceptors (Lipinski definition) is 6. The van der Waals surface area contributed by atoms with Gasteiger partial charge in [-0.1, -0.05) is 31.5 Å². The highest BCUT2D eigenvalue weighted by molar-refractivity contribution is 6.05. The van der Waals surface area contributed by atoms with Crippen LogP contribution in [0.4, 0.5) is 5.69 Å². The zero-order valence-electron chi connectivity index (χ0n) is 18.1. The Morgan fingerprint density at radius 1 is 1.13 bits per heavy atom. The molecule has 162 valence electrons. The summed E-state index contributed by atoms with van der Waals surface area (Å²) in [5.74, 6) is -2.28. The van der Waals surface area contributed by atoms with Crippen LogP contribution < -0.4 is 15.4 Å². The minimum Gasteiger partial charge on any atom is -0.462 e. The van der Waals surface area contributed by atoms with E-state index in [1.165, 1.54) is 19.1 Å². The molecule has 0 heterocycles. The molecule has 0 spiro atoms. The highest BCUT2D eigenvalue weighted by Crippen LogP contribution is 2.27.